The maximum absolute atomic E-state index is 15.1. The van der Waals surface area contributed by atoms with Crippen molar-refractivity contribution in [3.63, 3.8) is 0 Å². The number of carbonyl (C=O) groups excluding carboxylic acids is 9. The van der Waals surface area contributed by atoms with Crippen molar-refractivity contribution in [1.82, 2.24) is 40.9 Å². The van der Waals surface area contributed by atoms with Crippen LogP contribution in [0.2, 0.25) is 0 Å². The molecule has 0 aliphatic carbocycles. The summed E-state index contributed by atoms with van der Waals surface area (Å²) in [6.07, 6.45) is 2.82. The van der Waals surface area contributed by atoms with E-state index in [-0.39, 0.29) is 86.1 Å². The summed E-state index contributed by atoms with van der Waals surface area (Å²) in [7, 11) is -5.92. The molecule has 5 aliphatic heterocycles. The molecule has 4 saturated heterocycles. The average Bonchev–Trinajstić information content (AvgIpc) is 3.13. The van der Waals surface area contributed by atoms with Gasteiger partial charge in [-0.3, -0.25) is 53.0 Å². The molecule has 86 heavy (non-hydrogen) atoms. The third kappa shape index (κ3) is 13.3. The number of nitrogens with one attached hydrogen (secondary N) is 4. The molecule has 5 aromatic rings. The zero-order valence-electron chi connectivity index (χ0n) is 46.6. The lowest BCUT2D eigenvalue weighted by Crippen LogP contribution is -2.63. The highest BCUT2D eigenvalue weighted by Crippen LogP contribution is 2.59. The first-order valence-corrected chi connectivity index (χ1v) is 30.9. The number of hydrogen-bond acceptors (Lipinski definition) is 12. The number of nitrogens with zero attached hydrogens (tertiary/aromatic N) is 4. The molecule has 25 heteroatoms. The summed E-state index contributed by atoms with van der Waals surface area (Å²) in [4.78, 5) is 148. The van der Waals surface area contributed by atoms with Gasteiger partial charge in [0.1, 0.15) is 24.2 Å². The standard InChI is InChI=1S/C61H64F2N9O12PS/c62-61(63,85(82,83)84)41-19-24-49-39(30-41)31-50(86-49)57(78)66-46-35-70(58(79)40-32-69(33-40)28-10-2-1-5-12-36-17-11-18-43-44(36)34-71(59(43)80)47-23-26-52(74)67-55(47)76)29-27-42-20-22-48(72(42)60(46)81)56(77)65-45(21-25-51(64)73)54(75)68-53(37-13-6-3-7-14-37)38-15-8-4-9-16-38/h3-4,6-9,11,13-19,24,30-31,40,42,45-48,53H,1-2,10,20-23,25-29,32-35H2,(H2,64,73)(H,65,77)(H,66,78)(H,68,75)(H,67,74,76)(H2,82,83,84)/t42-,45+,46+,47?,48+/m1/s1. The Labute approximate surface area is 497 Å². The van der Waals surface area contributed by atoms with Crippen LogP contribution >= 0.6 is 18.9 Å². The monoisotopic (exact) mass is 1220 g/mol. The van der Waals surface area contributed by atoms with Gasteiger partial charge < -0.3 is 51.1 Å². The van der Waals surface area contributed by atoms with Gasteiger partial charge in [-0.1, -0.05) is 84.6 Å². The van der Waals surface area contributed by atoms with Crippen molar-refractivity contribution in [2.75, 3.05) is 32.7 Å². The van der Waals surface area contributed by atoms with E-state index < -0.39 is 96.4 Å². The Morgan fingerprint density at radius 1 is 0.849 bits per heavy atom. The number of unbranched alkanes of at least 4 members (excludes halogenated alkanes) is 2. The van der Waals surface area contributed by atoms with Crippen LogP contribution < -0.4 is 27.0 Å². The first-order valence-electron chi connectivity index (χ1n) is 28.5. The van der Waals surface area contributed by atoms with Crippen molar-refractivity contribution < 1.29 is 66.3 Å². The lowest BCUT2D eigenvalue weighted by Gasteiger charge is -2.43. The number of halogens is 2. The van der Waals surface area contributed by atoms with E-state index in [9.17, 15) is 61.5 Å². The SMILES string of the molecule is NC(=O)CC[C@H](NC(=O)[C@@H]1CC[C@@H]2CCN(C(=O)C3CN(CCCCC#Cc4cccc5c4CN(C4CCC(=O)NC4=O)C5=O)C3)C[C@H](NC(=O)c3cc4cc(C(F)(F)P(=O)(O)O)ccc4s3)C(=O)N21)C(=O)NC(c1ccccc1)c1ccccc1. The van der Waals surface area contributed by atoms with E-state index in [2.05, 4.69) is 38.0 Å². The molecule has 1 unspecified atom stereocenters. The normalized spacial score (nSPS) is 20.5. The number of thiophene rings is 1. The van der Waals surface area contributed by atoms with Gasteiger partial charge >= 0.3 is 13.3 Å². The van der Waals surface area contributed by atoms with Gasteiger partial charge in [0.05, 0.1) is 16.8 Å². The zero-order chi connectivity index (χ0) is 61.0. The van der Waals surface area contributed by atoms with Crippen LogP contribution in [0.5, 0.6) is 0 Å². The lowest BCUT2D eigenvalue weighted by molar-refractivity contribution is -0.148. The summed E-state index contributed by atoms with van der Waals surface area (Å²) < 4.78 is 41.6. The van der Waals surface area contributed by atoms with Crippen LogP contribution in [0.1, 0.15) is 118 Å². The third-order valence-electron chi connectivity index (χ3n) is 16.6. The second-order valence-electron chi connectivity index (χ2n) is 22.3. The van der Waals surface area contributed by atoms with Crippen LogP contribution in [-0.4, -0.2) is 145 Å². The first kappa shape index (κ1) is 60.9. The number of hydrogen-bond donors (Lipinski definition) is 7. The van der Waals surface area contributed by atoms with Crippen LogP contribution in [-0.2, 0) is 50.3 Å². The number of likely N-dealkylation sites (tertiary alicyclic amines) is 1. The largest absolute Gasteiger partial charge is 0.399 e. The number of carbonyl (C=O) groups is 9. The van der Waals surface area contributed by atoms with E-state index in [1.54, 1.807) is 17.0 Å². The Balaban J connectivity index is 0.807. The third-order valence-corrected chi connectivity index (χ3v) is 18.7. The molecular weight excluding hydrogens is 1150 g/mol. The van der Waals surface area contributed by atoms with Crippen molar-refractivity contribution >= 4 is 82.2 Å². The summed E-state index contributed by atoms with van der Waals surface area (Å²) in [5.41, 5.74) is 3.49. The molecule has 450 valence electrons. The molecule has 0 saturated carbocycles. The van der Waals surface area contributed by atoms with E-state index in [4.69, 9.17) is 5.73 Å². The first-order chi connectivity index (χ1) is 41.1. The number of alkyl halides is 2. The molecule has 1 aromatic heterocycles. The molecule has 10 rings (SSSR count). The Hall–Kier alpha value is -8.20. The highest BCUT2D eigenvalue weighted by atomic mass is 32.1. The number of imide groups is 1. The Kier molecular flexibility index (Phi) is 18.3. The zero-order valence-corrected chi connectivity index (χ0v) is 48.3. The molecule has 4 aromatic carbocycles. The number of benzene rings is 4. The van der Waals surface area contributed by atoms with Gasteiger partial charge in [0.25, 0.3) is 11.8 Å². The quantitative estimate of drug-likeness (QED) is 0.0262. The van der Waals surface area contributed by atoms with E-state index in [0.29, 0.717) is 48.3 Å². The lowest BCUT2D eigenvalue weighted by atomic mass is 9.96. The Morgan fingerprint density at radius 2 is 1.57 bits per heavy atom. The van der Waals surface area contributed by atoms with Gasteiger partial charge in [0.15, 0.2) is 0 Å². The predicted octanol–water partition coefficient (Wildman–Crippen LogP) is 4.39. The van der Waals surface area contributed by atoms with Crippen LogP contribution in [0.25, 0.3) is 10.1 Å². The Morgan fingerprint density at radius 3 is 2.26 bits per heavy atom. The number of amides is 9. The van der Waals surface area contributed by atoms with E-state index >= 15 is 4.79 Å². The van der Waals surface area contributed by atoms with E-state index in [1.807, 2.05) is 66.7 Å². The predicted molar refractivity (Wildman–Crippen MR) is 310 cm³/mol. The number of primary amides is 1. The molecule has 0 radical (unpaired) electrons. The van der Waals surface area contributed by atoms with Gasteiger partial charge in [-0.2, -0.15) is 8.78 Å². The van der Waals surface area contributed by atoms with Gasteiger partial charge in [0, 0.05) is 79.4 Å². The van der Waals surface area contributed by atoms with Crippen molar-refractivity contribution in [3.8, 4) is 11.8 Å². The summed E-state index contributed by atoms with van der Waals surface area (Å²) in [6, 6.07) is 22.0. The van der Waals surface area contributed by atoms with Gasteiger partial charge in [0.2, 0.25) is 41.4 Å². The fraction of sp³-hybridized carbons (Fsp3) is 0.393. The number of fused-ring (bicyclic) bond motifs is 3. The number of piperidine rings is 1. The molecule has 4 fully saturated rings. The molecule has 5 aliphatic rings. The molecule has 5 atom stereocenters. The van der Waals surface area contributed by atoms with Gasteiger partial charge in [-0.15, -0.1) is 11.3 Å². The second-order valence-corrected chi connectivity index (χ2v) is 25.0. The van der Waals surface area contributed by atoms with Crippen molar-refractivity contribution in [2.24, 2.45) is 11.7 Å². The molecule has 6 heterocycles. The van der Waals surface area contributed by atoms with Crippen LogP contribution in [0.4, 0.5) is 8.78 Å². The average molecular weight is 1220 g/mol. The molecule has 21 nitrogen and oxygen atoms in total. The van der Waals surface area contributed by atoms with Crippen molar-refractivity contribution in [1.29, 1.82) is 0 Å². The van der Waals surface area contributed by atoms with Crippen LogP contribution in [0.15, 0.2) is 103 Å². The van der Waals surface area contributed by atoms with E-state index in [1.165, 1.54) is 21.9 Å². The fourth-order valence-electron chi connectivity index (χ4n) is 12.0. The molecular formula is C61H64F2N9O12PS. The highest BCUT2D eigenvalue weighted by Gasteiger charge is 2.51. The van der Waals surface area contributed by atoms with Gasteiger partial charge in [-0.05, 0) is 104 Å². The fourth-order valence-corrected chi connectivity index (χ4v) is 13.4. The van der Waals surface area contributed by atoms with E-state index in [0.717, 1.165) is 53.0 Å². The summed E-state index contributed by atoms with van der Waals surface area (Å²) in [5, 5.41) is 11.0. The molecule has 8 N–H and O–H groups in total. The highest BCUT2D eigenvalue weighted by molar-refractivity contribution is 7.52. The summed E-state index contributed by atoms with van der Waals surface area (Å²) in [6.45, 7) is 1.62. The van der Waals surface area contributed by atoms with Crippen LogP contribution in [0, 0.1) is 17.8 Å². The molecule has 0 spiro atoms. The van der Waals surface area contributed by atoms with Crippen molar-refractivity contribution in [2.45, 2.75) is 113 Å². The van der Waals surface area contributed by atoms with Crippen LogP contribution in [0.3, 0.4) is 0 Å². The maximum atomic E-state index is 15.1. The number of rotatable bonds is 19. The minimum atomic E-state index is -5.92. The molecule has 0 bridgehead atoms. The van der Waals surface area contributed by atoms with Crippen molar-refractivity contribution in [3.05, 3.63) is 141 Å². The Bertz CT molecular complexity index is 3570. The topological polar surface area (TPSA) is 298 Å². The summed E-state index contributed by atoms with van der Waals surface area (Å²) >= 11 is 0.881. The maximum Gasteiger partial charge on any atom is 0.399 e. The second kappa shape index (κ2) is 25.8. The molecule has 9 amide bonds. The smallest absolute Gasteiger partial charge is 0.370 e. The summed E-state index contributed by atoms with van der Waals surface area (Å²) in [5.74, 6) is 1.10. The minimum Gasteiger partial charge on any atom is -0.370 e. The minimum absolute atomic E-state index is 0.0386. The van der Waals surface area contributed by atoms with Gasteiger partial charge in [-0.25, -0.2) is 0 Å². The number of nitrogens with two attached hydrogens (primary N) is 1.